The number of amides is 1. The van der Waals surface area contributed by atoms with Gasteiger partial charge in [0.05, 0.1) is 10.6 Å². The lowest BCUT2D eigenvalue weighted by Gasteiger charge is -2.27. The lowest BCUT2D eigenvalue weighted by Crippen LogP contribution is -2.39. The first-order valence-electron chi connectivity index (χ1n) is 7.09. The van der Waals surface area contributed by atoms with E-state index in [1.165, 1.54) is 12.1 Å². The monoisotopic (exact) mass is 296 g/mol. The van der Waals surface area contributed by atoms with Crippen LogP contribution in [0.5, 0.6) is 0 Å². The topological polar surface area (TPSA) is 32.3 Å². The molecule has 3 nitrogen and oxygen atoms in total. The second kappa shape index (κ2) is 5.34. The Morgan fingerprint density at radius 3 is 3.05 bits per heavy atom. The number of likely N-dealkylation sites (tertiary alicyclic amines) is 1. The van der Waals surface area contributed by atoms with Gasteiger partial charge in [0.25, 0.3) is 5.91 Å². The van der Waals surface area contributed by atoms with Crippen molar-refractivity contribution in [3.8, 4) is 0 Å². The van der Waals surface area contributed by atoms with Crippen molar-refractivity contribution in [2.45, 2.75) is 19.4 Å². The molecule has 1 N–H and O–H groups in total. The van der Waals surface area contributed by atoms with Crippen molar-refractivity contribution in [3.05, 3.63) is 34.6 Å². The van der Waals surface area contributed by atoms with Gasteiger partial charge in [-0.1, -0.05) is 24.6 Å². The van der Waals surface area contributed by atoms with Crippen molar-refractivity contribution in [2.75, 3.05) is 19.6 Å². The molecule has 3 atom stereocenters. The molecule has 0 spiro atoms. The van der Waals surface area contributed by atoms with Crippen LogP contribution >= 0.6 is 11.6 Å². The number of halogens is 2. The van der Waals surface area contributed by atoms with Gasteiger partial charge in [0.1, 0.15) is 5.82 Å². The van der Waals surface area contributed by atoms with E-state index in [0.717, 1.165) is 26.1 Å². The van der Waals surface area contributed by atoms with Crippen LogP contribution in [-0.4, -0.2) is 36.5 Å². The van der Waals surface area contributed by atoms with E-state index in [4.69, 9.17) is 11.6 Å². The van der Waals surface area contributed by atoms with Gasteiger partial charge in [-0.25, -0.2) is 4.39 Å². The van der Waals surface area contributed by atoms with E-state index in [2.05, 4.69) is 12.2 Å². The summed E-state index contributed by atoms with van der Waals surface area (Å²) in [6.07, 6.45) is 0.918. The third-order valence-electron chi connectivity index (χ3n) is 4.58. The molecule has 0 aliphatic carbocycles. The highest BCUT2D eigenvalue weighted by Gasteiger charge is 2.45. The Bertz CT molecular complexity index is 537. The molecule has 1 amide bonds. The van der Waals surface area contributed by atoms with Crippen LogP contribution in [-0.2, 0) is 0 Å². The summed E-state index contributed by atoms with van der Waals surface area (Å²) in [7, 11) is 0. The molecule has 0 aromatic heterocycles. The summed E-state index contributed by atoms with van der Waals surface area (Å²) in [4.78, 5) is 14.6. The van der Waals surface area contributed by atoms with Crippen LogP contribution in [0.15, 0.2) is 18.2 Å². The number of hydrogen-bond donors (Lipinski definition) is 1. The van der Waals surface area contributed by atoms with Crippen LogP contribution in [0.3, 0.4) is 0 Å². The van der Waals surface area contributed by atoms with Gasteiger partial charge in [0, 0.05) is 25.7 Å². The Morgan fingerprint density at radius 2 is 2.30 bits per heavy atom. The zero-order valence-corrected chi connectivity index (χ0v) is 12.2. The van der Waals surface area contributed by atoms with Crippen molar-refractivity contribution in [1.82, 2.24) is 10.2 Å². The summed E-state index contributed by atoms with van der Waals surface area (Å²) < 4.78 is 13.5. The molecule has 1 aromatic carbocycles. The lowest BCUT2D eigenvalue weighted by molar-refractivity contribution is 0.0711. The molecule has 3 unspecified atom stereocenters. The molecule has 3 rings (SSSR count). The van der Waals surface area contributed by atoms with Gasteiger partial charge in [-0.15, -0.1) is 0 Å². The summed E-state index contributed by atoms with van der Waals surface area (Å²) in [6, 6.07) is 4.64. The number of nitrogens with one attached hydrogen (secondary N) is 1. The Hall–Kier alpha value is -1.13. The minimum Gasteiger partial charge on any atom is -0.335 e. The maximum atomic E-state index is 13.5. The third kappa shape index (κ3) is 2.11. The summed E-state index contributed by atoms with van der Waals surface area (Å²) >= 11 is 5.94. The molecule has 5 heteroatoms. The Kier molecular flexibility index (Phi) is 3.69. The van der Waals surface area contributed by atoms with E-state index in [1.807, 2.05) is 4.90 Å². The van der Waals surface area contributed by atoms with Crippen molar-refractivity contribution in [3.63, 3.8) is 0 Å². The highest BCUT2D eigenvalue weighted by Crippen LogP contribution is 2.36. The molecule has 2 heterocycles. The fraction of sp³-hybridized carbons (Fsp3) is 0.533. The summed E-state index contributed by atoms with van der Waals surface area (Å²) in [6.45, 7) is 4.76. The first kappa shape index (κ1) is 13.8. The van der Waals surface area contributed by atoms with Crippen LogP contribution in [0, 0.1) is 17.7 Å². The van der Waals surface area contributed by atoms with Gasteiger partial charge in [-0.3, -0.25) is 4.79 Å². The molecular formula is C15H18ClFN2O. The fourth-order valence-corrected chi connectivity index (χ4v) is 3.81. The SMILES string of the molecule is CCC1C2CNCC2CN1C(=O)c1cccc(F)c1Cl. The Morgan fingerprint density at radius 1 is 1.50 bits per heavy atom. The molecule has 2 fully saturated rings. The number of carbonyl (C=O) groups excluding carboxylic acids is 1. The van der Waals surface area contributed by atoms with Crippen molar-refractivity contribution < 1.29 is 9.18 Å². The average Bonchev–Trinajstić information content (AvgIpc) is 3.01. The number of nitrogens with zero attached hydrogens (tertiary/aromatic N) is 1. The number of rotatable bonds is 2. The molecule has 0 bridgehead atoms. The normalized spacial score (nSPS) is 28.8. The predicted octanol–water partition coefficient (Wildman–Crippen LogP) is 2.55. The first-order valence-corrected chi connectivity index (χ1v) is 7.47. The first-order chi connectivity index (χ1) is 9.63. The molecule has 108 valence electrons. The van der Waals surface area contributed by atoms with Crippen LogP contribution in [0.1, 0.15) is 23.7 Å². The fourth-order valence-electron chi connectivity index (χ4n) is 3.60. The second-order valence-electron chi connectivity index (χ2n) is 5.62. The molecule has 2 aliphatic heterocycles. The quantitative estimate of drug-likeness (QED) is 0.910. The van der Waals surface area contributed by atoms with E-state index >= 15 is 0 Å². The van der Waals surface area contributed by atoms with Gasteiger partial charge >= 0.3 is 0 Å². The summed E-state index contributed by atoms with van der Waals surface area (Å²) in [5.74, 6) is 0.342. The largest absolute Gasteiger partial charge is 0.335 e. The summed E-state index contributed by atoms with van der Waals surface area (Å²) in [5, 5.41) is 3.32. The van der Waals surface area contributed by atoms with Crippen LogP contribution < -0.4 is 5.32 Å². The molecule has 2 saturated heterocycles. The van der Waals surface area contributed by atoms with Crippen molar-refractivity contribution >= 4 is 17.5 Å². The zero-order valence-electron chi connectivity index (χ0n) is 11.4. The van der Waals surface area contributed by atoms with Gasteiger partial charge in [0.15, 0.2) is 0 Å². The van der Waals surface area contributed by atoms with Crippen molar-refractivity contribution in [2.24, 2.45) is 11.8 Å². The van der Waals surface area contributed by atoms with Crippen LogP contribution in [0.4, 0.5) is 4.39 Å². The predicted molar refractivity (Wildman–Crippen MR) is 76.4 cm³/mol. The van der Waals surface area contributed by atoms with Crippen molar-refractivity contribution in [1.29, 1.82) is 0 Å². The second-order valence-corrected chi connectivity index (χ2v) is 5.99. The van der Waals surface area contributed by atoms with Gasteiger partial charge < -0.3 is 10.2 Å². The molecule has 0 saturated carbocycles. The highest BCUT2D eigenvalue weighted by atomic mass is 35.5. The molecule has 1 aromatic rings. The number of carbonyl (C=O) groups is 1. The Balaban J connectivity index is 1.89. The Labute approximate surface area is 123 Å². The van der Waals surface area contributed by atoms with E-state index in [-0.39, 0.29) is 22.5 Å². The van der Waals surface area contributed by atoms with E-state index in [9.17, 15) is 9.18 Å². The van der Waals surface area contributed by atoms with E-state index < -0.39 is 5.82 Å². The zero-order chi connectivity index (χ0) is 14.3. The number of fused-ring (bicyclic) bond motifs is 1. The average molecular weight is 297 g/mol. The maximum absolute atomic E-state index is 13.5. The molecule has 0 radical (unpaired) electrons. The molecule has 20 heavy (non-hydrogen) atoms. The number of benzene rings is 1. The summed E-state index contributed by atoms with van der Waals surface area (Å²) in [5.41, 5.74) is 0.276. The maximum Gasteiger partial charge on any atom is 0.255 e. The third-order valence-corrected chi connectivity index (χ3v) is 4.96. The van der Waals surface area contributed by atoms with Crippen LogP contribution in [0.25, 0.3) is 0 Å². The van der Waals surface area contributed by atoms with Gasteiger partial charge in [-0.05, 0) is 30.4 Å². The number of hydrogen-bond acceptors (Lipinski definition) is 2. The van der Waals surface area contributed by atoms with Gasteiger partial charge in [-0.2, -0.15) is 0 Å². The van der Waals surface area contributed by atoms with Crippen LogP contribution in [0.2, 0.25) is 5.02 Å². The van der Waals surface area contributed by atoms with E-state index in [1.54, 1.807) is 6.07 Å². The molecule has 2 aliphatic rings. The standard InChI is InChI=1S/C15H18ClFN2O/c1-2-13-11-7-18-6-9(11)8-19(13)15(20)10-4-3-5-12(17)14(10)16/h3-5,9,11,13,18H,2,6-8H2,1H3. The minimum absolute atomic E-state index is 0.0671. The van der Waals surface area contributed by atoms with E-state index in [0.29, 0.717) is 11.8 Å². The molecular weight excluding hydrogens is 279 g/mol. The highest BCUT2D eigenvalue weighted by molar-refractivity contribution is 6.34. The smallest absolute Gasteiger partial charge is 0.255 e. The lowest BCUT2D eigenvalue weighted by atomic mass is 9.93. The minimum atomic E-state index is -0.536. The van der Waals surface area contributed by atoms with Gasteiger partial charge in [0.2, 0.25) is 0 Å².